The van der Waals surface area contributed by atoms with Gasteiger partial charge in [0.05, 0.1) is 0 Å². The van der Waals surface area contributed by atoms with E-state index >= 15 is 35.1 Å². The molecule has 0 radical (unpaired) electrons. The zero-order chi connectivity index (χ0) is 50.4. The first kappa shape index (κ1) is 50.5. The molecule has 0 N–H and O–H groups in total. The van der Waals surface area contributed by atoms with Crippen molar-refractivity contribution < 1.29 is 97.2 Å². The quantitative estimate of drug-likeness (QED) is 0.0334. The summed E-state index contributed by atoms with van der Waals surface area (Å²) in [5.41, 5.74) is -12.3. The Morgan fingerprint density at radius 3 is 1.06 bits per heavy atom. The molecule has 0 bridgehead atoms. The molecule has 0 saturated carbocycles. The molecule has 1 aromatic heterocycles. The van der Waals surface area contributed by atoms with E-state index in [4.69, 9.17) is 0 Å². The summed E-state index contributed by atoms with van der Waals surface area (Å²) in [6.45, 7) is 2.60. The van der Waals surface area contributed by atoms with Crippen LogP contribution in [0.15, 0.2) is 66.9 Å². The van der Waals surface area contributed by atoms with Gasteiger partial charge < -0.3 is 0 Å². The predicted octanol–water partition coefficient (Wildman–Crippen LogP) is 10.2. The van der Waals surface area contributed by atoms with Crippen LogP contribution in [0.5, 0.6) is 0 Å². The zero-order valence-corrected chi connectivity index (χ0v) is 33.7. The van der Waals surface area contributed by atoms with Gasteiger partial charge in [0.2, 0.25) is 12.3 Å². The van der Waals surface area contributed by atoms with Gasteiger partial charge in [-0.1, -0.05) is 61.9 Å². The lowest BCUT2D eigenvalue weighted by molar-refractivity contribution is -0.689. The summed E-state index contributed by atoms with van der Waals surface area (Å²) in [5, 5.41) is 2.49. The summed E-state index contributed by atoms with van der Waals surface area (Å²) in [7, 11) is 0. The molecule has 23 heteroatoms. The summed E-state index contributed by atoms with van der Waals surface area (Å²) in [4.78, 5) is 12.6. The monoisotopic (exact) mass is 983 g/mol. The number of ketones is 1. The number of pyridine rings is 1. The first-order valence-corrected chi connectivity index (χ1v) is 19.2. The number of carbonyl (C=O) groups is 1. The van der Waals surface area contributed by atoms with Crippen molar-refractivity contribution in [3.8, 4) is 0 Å². The van der Waals surface area contributed by atoms with Crippen molar-refractivity contribution in [3.63, 3.8) is 0 Å². The molecule has 0 amide bonds. The van der Waals surface area contributed by atoms with Gasteiger partial charge in [-0.3, -0.25) is 4.79 Å². The molecule has 1 heterocycles. The highest BCUT2D eigenvalue weighted by atomic mass is 19.2. The Kier molecular flexibility index (Phi) is 14.4. The minimum atomic E-state index is -7.22. The molecule has 0 unspecified atom stereocenters. The number of hydrogen-bond acceptors (Lipinski definition) is 1. The van der Waals surface area contributed by atoms with E-state index in [1.165, 1.54) is 16.5 Å². The maximum Gasteiger partial charge on any atom is 0.227 e. The van der Waals surface area contributed by atoms with Crippen molar-refractivity contribution in [2.75, 3.05) is 0 Å². The van der Waals surface area contributed by atoms with Crippen LogP contribution in [0.25, 0.3) is 10.8 Å². The number of carbonyl (C=O) groups excluding carboxylic acids is 1. The predicted molar refractivity (Wildman–Crippen MR) is 203 cm³/mol. The van der Waals surface area contributed by atoms with Crippen molar-refractivity contribution in [1.29, 1.82) is 0 Å². The number of rotatable bonds is 10. The average molecular weight is 983 g/mol. The van der Waals surface area contributed by atoms with E-state index in [9.17, 15) is 57.5 Å². The first-order valence-electron chi connectivity index (χ1n) is 19.2. The maximum absolute atomic E-state index is 15.4. The summed E-state index contributed by atoms with van der Waals surface area (Å²) in [5.74, 6) is -71.2. The zero-order valence-electron chi connectivity index (χ0n) is 33.7. The number of halogens is 20. The van der Waals surface area contributed by atoms with Crippen LogP contribution in [0.3, 0.4) is 0 Å². The van der Waals surface area contributed by atoms with Gasteiger partial charge in [-0.05, 0) is 17.9 Å². The van der Waals surface area contributed by atoms with Crippen LogP contribution in [-0.4, -0.2) is 11.9 Å². The van der Waals surface area contributed by atoms with Crippen LogP contribution < -0.4 is 26.4 Å². The molecule has 0 spiro atoms. The van der Waals surface area contributed by atoms with Gasteiger partial charge in [0.15, 0.2) is 81.7 Å². The summed E-state index contributed by atoms with van der Waals surface area (Å²) in [6.07, 6.45) is -1.89. The van der Waals surface area contributed by atoms with Crippen molar-refractivity contribution >= 4 is 44.6 Å². The van der Waals surface area contributed by atoms with Crippen molar-refractivity contribution in [1.82, 2.24) is 0 Å². The number of benzene rings is 6. The number of aryl methyl sites for hydroxylation is 1. The third-order valence-electron chi connectivity index (χ3n) is 10.9. The number of hydrogen-bond donors (Lipinski definition) is 0. The van der Waals surface area contributed by atoms with Gasteiger partial charge in [-0.25, -0.2) is 87.8 Å². The second-order valence-electron chi connectivity index (χ2n) is 14.7. The molecule has 0 fully saturated rings. The molecule has 0 saturated heterocycles. The molecule has 356 valence electrons. The number of aromatic nitrogens is 1. The largest absolute Gasteiger partial charge is 0.287 e. The second kappa shape index (κ2) is 19.3. The summed E-state index contributed by atoms with van der Waals surface area (Å²) < 4.78 is 296. The number of nitrogens with zero attached hydrogens (tertiary/aromatic N) is 1. The van der Waals surface area contributed by atoms with Gasteiger partial charge in [-0.2, -0.15) is 4.57 Å². The molecule has 7 aromatic rings. The van der Waals surface area contributed by atoms with Crippen molar-refractivity contribution in [3.05, 3.63) is 194 Å². The molecule has 0 atom stereocenters. The SMILES string of the molecule is CCCCc1c2ccccc2cc[n+]1CC(=O)c1ccccc1.Fc1c(F)c(F)c([B-](c2c(F)c(F)c(F)c(F)c2F)(c2c(F)c(F)c(F)c(F)c2F)c2c(F)c(F)c(F)c(F)c2F)c(F)c1F. The molecular weight excluding hydrogens is 961 g/mol. The molecule has 0 aliphatic heterocycles. The van der Waals surface area contributed by atoms with E-state index in [0.717, 1.165) is 24.8 Å². The van der Waals surface area contributed by atoms with Crippen LogP contribution in [0.2, 0.25) is 0 Å². The molecular formula is C45H22BF20NO. The highest BCUT2D eigenvalue weighted by molar-refractivity contribution is 7.20. The van der Waals surface area contributed by atoms with Crippen LogP contribution >= 0.6 is 0 Å². The van der Waals surface area contributed by atoms with E-state index in [2.05, 4.69) is 41.8 Å². The number of fused-ring (bicyclic) bond motifs is 1. The molecule has 2 nitrogen and oxygen atoms in total. The second-order valence-corrected chi connectivity index (χ2v) is 14.7. The van der Waals surface area contributed by atoms with E-state index < -0.39 is 144 Å². The highest BCUT2D eigenvalue weighted by Gasteiger charge is 2.52. The van der Waals surface area contributed by atoms with E-state index in [-0.39, 0.29) is 5.78 Å². The fourth-order valence-corrected chi connectivity index (χ4v) is 7.84. The highest BCUT2D eigenvalue weighted by Crippen LogP contribution is 2.31. The third-order valence-corrected chi connectivity index (χ3v) is 10.9. The van der Waals surface area contributed by atoms with Gasteiger partial charge in [0.25, 0.3) is 0 Å². The summed E-state index contributed by atoms with van der Waals surface area (Å²) in [6, 6.07) is 20.1. The van der Waals surface area contributed by atoms with Crippen LogP contribution in [-0.2, 0) is 13.0 Å². The van der Waals surface area contributed by atoms with E-state index in [1.54, 1.807) is 0 Å². The van der Waals surface area contributed by atoms with Crippen LogP contribution in [0.4, 0.5) is 87.8 Å². The first-order chi connectivity index (χ1) is 32.0. The van der Waals surface area contributed by atoms with Crippen LogP contribution in [0.1, 0.15) is 35.8 Å². The summed E-state index contributed by atoms with van der Waals surface area (Å²) >= 11 is 0. The smallest absolute Gasteiger partial charge is 0.227 e. The molecule has 6 aromatic carbocycles. The number of unbranched alkanes of at least 4 members (excludes halogenated alkanes) is 1. The maximum atomic E-state index is 15.4. The average Bonchev–Trinajstić information content (AvgIpc) is 3.33. The standard InChI is InChI=1S/C24BF20.C21H22NO/c26-5-1(6(27)14(35)21(42)13(5)34)25(2-7(28)15(36)22(43)16(37)8(2)29,3-9(30)17(38)23(44)18(39)10(3)31)4-11(32)19(40)24(45)20(41)12(4)33;1-2-3-13-20-19-12-8-7-9-17(19)14-15-22(20)16-21(23)18-10-5-4-6-11-18/h;4-12,14-15H,2-3,13,16H2,1H3/q-1;+1. The molecule has 0 aliphatic carbocycles. The topological polar surface area (TPSA) is 20.9 Å². The Hall–Kier alpha value is -6.94. The molecule has 68 heavy (non-hydrogen) atoms. The third kappa shape index (κ3) is 8.07. The van der Waals surface area contributed by atoms with E-state index in [0.29, 0.717) is 6.54 Å². The molecule has 0 aliphatic rings. The Morgan fingerprint density at radius 2 is 0.721 bits per heavy atom. The normalized spacial score (nSPS) is 11.6. The number of Topliss-reactive ketones (excluding diaryl/α,β-unsaturated/α-hetero) is 1. The minimum Gasteiger partial charge on any atom is -0.287 e. The van der Waals surface area contributed by atoms with E-state index in [1.807, 2.05) is 36.5 Å². The Labute approximate surface area is 368 Å². The Balaban J connectivity index is 0.000000276. The minimum absolute atomic E-state index is 0.156. The lowest BCUT2D eigenvalue weighted by Gasteiger charge is -2.44. The van der Waals surface area contributed by atoms with Gasteiger partial charge in [-0.15, -0.1) is 21.9 Å². The van der Waals surface area contributed by atoms with Crippen LogP contribution in [0, 0.1) is 116 Å². The van der Waals surface area contributed by atoms with Crippen molar-refractivity contribution in [2.24, 2.45) is 0 Å². The van der Waals surface area contributed by atoms with Gasteiger partial charge >= 0.3 is 0 Å². The lowest BCUT2D eigenvalue weighted by atomic mass is 9.12. The fourth-order valence-electron chi connectivity index (χ4n) is 7.84. The van der Waals surface area contributed by atoms with Crippen molar-refractivity contribution in [2.45, 2.75) is 32.7 Å². The van der Waals surface area contributed by atoms with Gasteiger partial charge in [0.1, 0.15) is 52.7 Å². The van der Waals surface area contributed by atoms with Gasteiger partial charge in [0, 0.05) is 23.4 Å². The Morgan fingerprint density at radius 1 is 0.412 bits per heavy atom. The lowest BCUT2D eigenvalue weighted by Crippen LogP contribution is -2.81. The Bertz CT molecular complexity index is 2780. The molecule has 7 rings (SSSR count). The fraction of sp³-hybridized carbons (Fsp3) is 0.111.